The Morgan fingerprint density at radius 2 is 2.00 bits per heavy atom. The Morgan fingerprint density at radius 1 is 1.17 bits per heavy atom. The normalized spacial score (nSPS) is 11.0. The van der Waals surface area contributed by atoms with Crippen LogP contribution in [0.4, 0.5) is 4.39 Å². The number of nitrogens with two attached hydrogens (primary N) is 1. The Kier molecular flexibility index (Phi) is 5.45. The third-order valence-corrected chi connectivity index (χ3v) is 4.88. The van der Waals surface area contributed by atoms with Crippen molar-refractivity contribution in [1.29, 1.82) is 0 Å². The number of rotatable bonds is 7. The monoisotopic (exact) mass is 405 g/mol. The van der Waals surface area contributed by atoms with E-state index in [1.165, 1.54) is 0 Å². The number of hydrogen-bond acceptors (Lipinski definition) is 4. The summed E-state index contributed by atoms with van der Waals surface area (Å²) in [4.78, 5) is 18.2. The van der Waals surface area contributed by atoms with Gasteiger partial charge in [0.15, 0.2) is 5.82 Å². The molecular weight excluding hydrogens is 385 g/mol. The quantitative estimate of drug-likeness (QED) is 0.431. The van der Waals surface area contributed by atoms with Crippen molar-refractivity contribution in [2.24, 2.45) is 5.73 Å². The molecule has 0 fully saturated rings. The number of aromatic nitrogens is 2. The molecule has 7 heteroatoms. The van der Waals surface area contributed by atoms with E-state index in [0.29, 0.717) is 22.4 Å². The minimum Gasteiger partial charge on any atom is -0.489 e. The summed E-state index contributed by atoms with van der Waals surface area (Å²) < 4.78 is 20.8. The molecule has 0 unspecified atom stereocenters. The number of halogens is 1. The first-order valence-electron chi connectivity index (χ1n) is 9.43. The molecule has 6 nitrogen and oxygen atoms in total. The predicted octanol–water partition coefficient (Wildman–Crippen LogP) is 4.03. The lowest BCUT2D eigenvalue weighted by molar-refractivity contribution is -0.136. The molecule has 152 valence electrons. The summed E-state index contributed by atoms with van der Waals surface area (Å²) in [5.41, 5.74) is 9.20. The lowest BCUT2D eigenvalue weighted by atomic mass is 9.98. The van der Waals surface area contributed by atoms with Gasteiger partial charge in [0.1, 0.15) is 12.4 Å². The van der Waals surface area contributed by atoms with Crippen LogP contribution in [0.15, 0.2) is 60.9 Å². The maximum absolute atomic E-state index is 14.9. The second kappa shape index (κ2) is 8.34. The number of pyridine rings is 1. The van der Waals surface area contributed by atoms with Crippen LogP contribution in [0.3, 0.4) is 0 Å². The van der Waals surface area contributed by atoms with Gasteiger partial charge in [-0.05, 0) is 41.5 Å². The Hall–Kier alpha value is -3.71. The summed E-state index contributed by atoms with van der Waals surface area (Å²) in [5.74, 6) is -0.856. The number of benzene rings is 2. The number of nitrogens with zero attached hydrogens (tertiary/aromatic N) is 1. The standard InChI is InChI=1S/C23H20FN3O3/c24-23-17(6-8-27-20(23)12-25)18-9-14(10-19-16(18)5-7-26-19)13-30-21-4-2-1-3-15(21)11-22(28)29/h1-10,26H,11-13,25H2,(H,28,29). The molecule has 0 bridgehead atoms. The summed E-state index contributed by atoms with van der Waals surface area (Å²) in [6.07, 6.45) is 3.22. The van der Waals surface area contributed by atoms with E-state index in [0.717, 1.165) is 16.5 Å². The summed E-state index contributed by atoms with van der Waals surface area (Å²) in [6, 6.07) is 14.3. The molecule has 0 spiro atoms. The Labute approximate surface area is 172 Å². The zero-order valence-electron chi connectivity index (χ0n) is 16.1. The number of carbonyl (C=O) groups is 1. The van der Waals surface area contributed by atoms with Gasteiger partial charge in [-0.2, -0.15) is 0 Å². The zero-order valence-corrected chi connectivity index (χ0v) is 16.1. The number of aromatic amines is 1. The molecule has 0 radical (unpaired) electrons. The first-order valence-corrected chi connectivity index (χ1v) is 9.43. The van der Waals surface area contributed by atoms with Crippen LogP contribution < -0.4 is 10.5 Å². The maximum atomic E-state index is 14.9. The molecule has 2 aromatic carbocycles. The van der Waals surface area contributed by atoms with Crippen LogP contribution in [0, 0.1) is 5.82 Å². The molecule has 0 aliphatic rings. The van der Waals surface area contributed by atoms with Crippen molar-refractivity contribution < 1.29 is 19.0 Å². The van der Waals surface area contributed by atoms with E-state index in [9.17, 15) is 9.18 Å². The van der Waals surface area contributed by atoms with Crippen molar-refractivity contribution in [3.05, 3.63) is 83.6 Å². The topological polar surface area (TPSA) is 101 Å². The molecule has 0 aliphatic carbocycles. The van der Waals surface area contributed by atoms with Crippen molar-refractivity contribution in [2.75, 3.05) is 0 Å². The van der Waals surface area contributed by atoms with Gasteiger partial charge >= 0.3 is 5.97 Å². The number of H-pyrrole nitrogens is 1. The third kappa shape index (κ3) is 3.88. The molecule has 0 amide bonds. The fourth-order valence-electron chi connectivity index (χ4n) is 3.49. The van der Waals surface area contributed by atoms with Crippen molar-refractivity contribution in [2.45, 2.75) is 19.6 Å². The van der Waals surface area contributed by atoms with E-state index >= 15 is 0 Å². The maximum Gasteiger partial charge on any atom is 0.307 e. The van der Waals surface area contributed by atoms with Crippen LogP contribution in [0.2, 0.25) is 0 Å². The third-order valence-electron chi connectivity index (χ3n) is 4.88. The summed E-state index contributed by atoms with van der Waals surface area (Å²) >= 11 is 0. The predicted molar refractivity (Wildman–Crippen MR) is 111 cm³/mol. The van der Waals surface area contributed by atoms with Crippen molar-refractivity contribution >= 4 is 16.9 Å². The number of para-hydroxylation sites is 1. The number of ether oxygens (including phenoxy) is 1. The Bertz CT molecular complexity index is 1220. The van der Waals surface area contributed by atoms with Crippen LogP contribution in [0.1, 0.15) is 16.8 Å². The number of fused-ring (bicyclic) bond motifs is 1. The van der Waals surface area contributed by atoms with E-state index < -0.39 is 11.8 Å². The summed E-state index contributed by atoms with van der Waals surface area (Å²) in [7, 11) is 0. The van der Waals surface area contributed by atoms with Crippen LogP contribution >= 0.6 is 0 Å². The van der Waals surface area contributed by atoms with E-state index in [1.807, 2.05) is 18.2 Å². The van der Waals surface area contributed by atoms with Crippen LogP contribution in [0.5, 0.6) is 5.75 Å². The van der Waals surface area contributed by atoms with Crippen molar-refractivity contribution in [3.63, 3.8) is 0 Å². The zero-order chi connectivity index (χ0) is 21.1. The lowest BCUT2D eigenvalue weighted by Crippen LogP contribution is -2.05. The Morgan fingerprint density at radius 3 is 2.80 bits per heavy atom. The van der Waals surface area contributed by atoms with Gasteiger partial charge in [-0.1, -0.05) is 18.2 Å². The van der Waals surface area contributed by atoms with Gasteiger partial charge in [0, 0.05) is 41.0 Å². The van der Waals surface area contributed by atoms with Gasteiger partial charge < -0.3 is 20.6 Å². The first-order chi connectivity index (χ1) is 14.6. The van der Waals surface area contributed by atoms with Crippen molar-refractivity contribution in [1.82, 2.24) is 9.97 Å². The molecule has 30 heavy (non-hydrogen) atoms. The number of hydrogen-bond donors (Lipinski definition) is 3. The van der Waals surface area contributed by atoms with Crippen molar-refractivity contribution in [3.8, 4) is 16.9 Å². The SMILES string of the molecule is NCc1nccc(-c2cc(COc3ccccc3CC(=O)O)cc3[nH]ccc23)c1F. The molecule has 2 heterocycles. The molecule has 4 rings (SSSR count). The van der Waals surface area contributed by atoms with Crippen LogP contribution in [0.25, 0.3) is 22.0 Å². The second-order valence-corrected chi connectivity index (χ2v) is 6.87. The highest BCUT2D eigenvalue weighted by Crippen LogP contribution is 2.32. The van der Waals surface area contributed by atoms with Gasteiger partial charge in [-0.15, -0.1) is 0 Å². The number of carboxylic acids is 1. The summed E-state index contributed by atoms with van der Waals surface area (Å²) in [6.45, 7) is 0.216. The number of carboxylic acid groups (broad SMARTS) is 1. The average molecular weight is 405 g/mol. The number of aliphatic carboxylic acids is 1. The number of nitrogens with one attached hydrogen (secondary N) is 1. The summed E-state index contributed by atoms with van der Waals surface area (Å²) in [5, 5.41) is 9.97. The second-order valence-electron chi connectivity index (χ2n) is 6.87. The van der Waals surface area contributed by atoms with Crippen LogP contribution in [-0.2, 0) is 24.4 Å². The largest absolute Gasteiger partial charge is 0.489 e. The fourth-order valence-corrected chi connectivity index (χ4v) is 3.49. The minimum atomic E-state index is -0.926. The van der Waals surface area contributed by atoms with Gasteiger partial charge in [-0.25, -0.2) is 4.39 Å². The highest BCUT2D eigenvalue weighted by atomic mass is 19.1. The molecule has 0 aliphatic heterocycles. The van der Waals surface area contributed by atoms with E-state index in [4.69, 9.17) is 15.6 Å². The van der Waals surface area contributed by atoms with Gasteiger partial charge in [0.05, 0.1) is 12.1 Å². The average Bonchev–Trinajstić information content (AvgIpc) is 3.21. The lowest BCUT2D eigenvalue weighted by Gasteiger charge is -2.13. The molecule has 0 saturated carbocycles. The van der Waals surface area contributed by atoms with E-state index in [-0.39, 0.29) is 25.3 Å². The highest BCUT2D eigenvalue weighted by Gasteiger charge is 2.15. The van der Waals surface area contributed by atoms with Crippen LogP contribution in [-0.4, -0.2) is 21.0 Å². The molecule has 2 aromatic heterocycles. The van der Waals surface area contributed by atoms with E-state index in [1.54, 1.807) is 42.7 Å². The first kappa shape index (κ1) is 19.6. The van der Waals surface area contributed by atoms with Gasteiger partial charge in [-0.3, -0.25) is 9.78 Å². The fraction of sp³-hybridized carbons (Fsp3) is 0.130. The molecule has 0 atom stereocenters. The van der Waals surface area contributed by atoms with Gasteiger partial charge in [0.25, 0.3) is 0 Å². The molecular formula is C23H20FN3O3. The van der Waals surface area contributed by atoms with Gasteiger partial charge in [0.2, 0.25) is 0 Å². The molecule has 4 N–H and O–H groups in total. The minimum absolute atomic E-state index is 0.0130. The Balaban J connectivity index is 1.70. The molecule has 0 saturated heterocycles. The highest BCUT2D eigenvalue weighted by molar-refractivity contribution is 5.96. The molecule has 4 aromatic rings. The smallest absolute Gasteiger partial charge is 0.307 e. The van der Waals surface area contributed by atoms with E-state index in [2.05, 4.69) is 9.97 Å².